The first kappa shape index (κ1) is 17.8. The van der Waals surface area contributed by atoms with Crippen LogP contribution in [-0.2, 0) is 4.79 Å². The number of aromatic nitrogens is 3. The molecule has 4 rings (SSSR count). The van der Waals surface area contributed by atoms with E-state index in [0.717, 1.165) is 29.2 Å². The van der Waals surface area contributed by atoms with Crippen LogP contribution in [0.3, 0.4) is 0 Å². The number of likely N-dealkylation sites (N-methyl/N-ethyl adjacent to an activating group) is 1. The van der Waals surface area contributed by atoms with Crippen LogP contribution in [0.2, 0.25) is 0 Å². The Balaban J connectivity index is 1.76. The Bertz CT molecular complexity index is 885. The fourth-order valence-electron chi connectivity index (χ4n) is 3.79. The van der Waals surface area contributed by atoms with Crippen molar-refractivity contribution in [3.05, 3.63) is 22.7 Å². The monoisotopic (exact) mass is 385 g/mol. The third kappa shape index (κ3) is 2.86. The molecule has 142 valence electrons. The summed E-state index contributed by atoms with van der Waals surface area (Å²) >= 11 is 1.53. The first-order chi connectivity index (χ1) is 13.0. The molecule has 2 aliphatic rings. The zero-order valence-electron chi connectivity index (χ0n) is 15.8. The van der Waals surface area contributed by atoms with Gasteiger partial charge < -0.3 is 9.80 Å². The van der Waals surface area contributed by atoms with Gasteiger partial charge in [-0.2, -0.15) is 5.10 Å². The number of rotatable bonds is 4. The van der Waals surface area contributed by atoms with Crippen molar-refractivity contribution in [1.29, 1.82) is 0 Å². The topological polar surface area (TPSA) is 89.8 Å². The average Bonchev–Trinajstić information content (AvgIpc) is 3.34. The second kappa shape index (κ2) is 6.88. The number of nitrogens with zero attached hydrogens (tertiary/aromatic N) is 6. The van der Waals surface area contributed by atoms with Gasteiger partial charge in [-0.05, 0) is 20.3 Å². The first-order valence-corrected chi connectivity index (χ1v) is 10.0. The van der Waals surface area contributed by atoms with Crippen molar-refractivity contribution in [2.24, 2.45) is 9.98 Å². The molecule has 1 amide bonds. The summed E-state index contributed by atoms with van der Waals surface area (Å²) in [5.41, 5.74) is 4.36. The van der Waals surface area contributed by atoms with E-state index in [2.05, 4.69) is 38.9 Å². The summed E-state index contributed by atoms with van der Waals surface area (Å²) in [6.45, 7) is 6.23. The van der Waals surface area contributed by atoms with Crippen LogP contribution in [0.1, 0.15) is 38.9 Å². The van der Waals surface area contributed by atoms with Crippen molar-refractivity contribution in [1.82, 2.24) is 25.0 Å². The fraction of sp³-hybridized carbons (Fsp3) is 0.500. The van der Waals surface area contributed by atoms with E-state index in [-0.39, 0.29) is 24.0 Å². The first-order valence-electron chi connectivity index (χ1n) is 9.10. The maximum Gasteiger partial charge on any atom is 0.245 e. The lowest BCUT2D eigenvalue weighted by molar-refractivity contribution is -0.137. The van der Waals surface area contributed by atoms with Gasteiger partial charge in [0, 0.05) is 30.2 Å². The Kier molecular flexibility index (Phi) is 4.55. The number of amides is 1. The molecule has 0 spiro atoms. The summed E-state index contributed by atoms with van der Waals surface area (Å²) in [5.74, 6) is 1.01. The Labute approximate surface area is 162 Å². The molecule has 4 heterocycles. The van der Waals surface area contributed by atoms with Crippen molar-refractivity contribution in [2.75, 3.05) is 7.05 Å². The highest BCUT2D eigenvalue weighted by Crippen LogP contribution is 2.33. The van der Waals surface area contributed by atoms with E-state index >= 15 is 0 Å². The maximum atomic E-state index is 12.8. The SMILES string of the molecule is CCC1C(=O)N(C)C2C=N[C@H](c3cn[nH]c3-c3cscn3)N=C2N1C(C)C. The van der Waals surface area contributed by atoms with Crippen LogP contribution in [0.15, 0.2) is 27.1 Å². The minimum atomic E-state index is -0.396. The van der Waals surface area contributed by atoms with Crippen molar-refractivity contribution < 1.29 is 4.79 Å². The van der Waals surface area contributed by atoms with Crippen LogP contribution in [0.5, 0.6) is 0 Å². The van der Waals surface area contributed by atoms with E-state index in [4.69, 9.17) is 4.99 Å². The van der Waals surface area contributed by atoms with Crippen LogP contribution in [0.4, 0.5) is 0 Å². The molecule has 0 saturated carbocycles. The van der Waals surface area contributed by atoms with Crippen LogP contribution < -0.4 is 0 Å². The molecule has 1 fully saturated rings. The number of nitrogens with one attached hydrogen (secondary N) is 1. The summed E-state index contributed by atoms with van der Waals surface area (Å²) < 4.78 is 0. The number of carbonyl (C=O) groups excluding carboxylic acids is 1. The lowest BCUT2D eigenvalue weighted by Crippen LogP contribution is -2.66. The summed E-state index contributed by atoms with van der Waals surface area (Å²) in [7, 11) is 1.83. The largest absolute Gasteiger partial charge is 0.344 e. The number of piperazine rings is 1. The third-order valence-corrected chi connectivity index (χ3v) is 5.70. The molecule has 9 heteroatoms. The zero-order valence-corrected chi connectivity index (χ0v) is 16.6. The average molecular weight is 385 g/mol. The van der Waals surface area contributed by atoms with Crippen LogP contribution in [-0.4, -0.2) is 68.1 Å². The van der Waals surface area contributed by atoms with E-state index in [1.54, 1.807) is 16.6 Å². The minimum absolute atomic E-state index is 0.117. The molecule has 2 unspecified atom stereocenters. The Morgan fingerprint density at radius 3 is 2.85 bits per heavy atom. The fourth-order valence-corrected chi connectivity index (χ4v) is 4.33. The van der Waals surface area contributed by atoms with E-state index < -0.39 is 6.17 Å². The second-order valence-corrected chi connectivity index (χ2v) is 7.77. The molecule has 27 heavy (non-hydrogen) atoms. The summed E-state index contributed by atoms with van der Waals surface area (Å²) in [6, 6.07) is -0.253. The van der Waals surface area contributed by atoms with Crippen LogP contribution in [0.25, 0.3) is 11.4 Å². The smallest absolute Gasteiger partial charge is 0.245 e. The molecule has 0 radical (unpaired) electrons. The molecule has 0 aliphatic carbocycles. The molecule has 2 aromatic rings. The van der Waals surface area contributed by atoms with Gasteiger partial charge in [-0.1, -0.05) is 6.92 Å². The Hall–Kier alpha value is -2.55. The number of thiazole rings is 1. The minimum Gasteiger partial charge on any atom is -0.344 e. The molecule has 8 nitrogen and oxygen atoms in total. The molecule has 3 atom stereocenters. The van der Waals surface area contributed by atoms with Crippen molar-refractivity contribution in [2.45, 2.75) is 51.5 Å². The predicted octanol–water partition coefficient (Wildman–Crippen LogP) is 2.34. The number of fused-ring (bicyclic) bond motifs is 1. The number of aromatic amines is 1. The van der Waals surface area contributed by atoms with E-state index in [1.807, 2.05) is 25.6 Å². The molecular formula is C18H23N7OS. The molecule has 2 aromatic heterocycles. The number of H-pyrrole nitrogens is 1. The highest BCUT2D eigenvalue weighted by molar-refractivity contribution is 7.07. The predicted molar refractivity (Wildman–Crippen MR) is 106 cm³/mol. The van der Waals surface area contributed by atoms with Crippen molar-refractivity contribution >= 4 is 29.3 Å². The van der Waals surface area contributed by atoms with Crippen molar-refractivity contribution in [3.8, 4) is 11.4 Å². The lowest BCUT2D eigenvalue weighted by Gasteiger charge is -2.48. The van der Waals surface area contributed by atoms with Gasteiger partial charge in [-0.15, -0.1) is 11.3 Å². The normalized spacial score (nSPS) is 25.1. The summed E-state index contributed by atoms with van der Waals surface area (Å²) in [5, 5.41) is 9.18. The Morgan fingerprint density at radius 2 is 2.19 bits per heavy atom. The lowest BCUT2D eigenvalue weighted by atomic mass is 9.99. The van der Waals surface area contributed by atoms with E-state index in [9.17, 15) is 4.79 Å². The van der Waals surface area contributed by atoms with Gasteiger partial charge in [0.15, 0.2) is 6.17 Å². The number of amidine groups is 1. The van der Waals surface area contributed by atoms with Crippen LogP contribution in [0, 0.1) is 0 Å². The molecular weight excluding hydrogens is 362 g/mol. The highest BCUT2D eigenvalue weighted by atomic mass is 32.1. The molecule has 2 aliphatic heterocycles. The highest BCUT2D eigenvalue weighted by Gasteiger charge is 2.44. The zero-order chi connectivity index (χ0) is 19.1. The summed E-state index contributed by atoms with van der Waals surface area (Å²) in [6.07, 6.45) is 3.94. The molecule has 0 bridgehead atoms. The number of hydrogen-bond donors (Lipinski definition) is 1. The maximum absolute atomic E-state index is 12.8. The van der Waals surface area contributed by atoms with Gasteiger partial charge in [0.2, 0.25) is 5.91 Å². The number of hydrogen-bond acceptors (Lipinski definition) is 7. The van der Waals surface area contributed by atoms with Gasteiger partial charge in [0.05, 0.1) is 23.1 Å². The van der Waals surface area contributed by atoms with Gasteiger partial charge >= 0.3 is 0 Å². The van der Waals surface area contributed by atoms with Gasteiger partial charge in [0.1, 0.15) is 17.9 Å². The quantitative estimate of drug-likeness (QED) is 0.875. The second-order valence-electron chi connectivity index (χ2n) is 7.05. The van der Waals surface area contributed by atoms with Crippen molar-refractivity contribution in [3.63, 3.8) is 0 Å². The van der Waals surface area contributed by atoms with Gasteiger partial charge in [-0.25, -0.2) is 9.98 Å². The standard InChI is InChI=1S/C18H23N7OS/c1-5-13-18(26)24(4)14-7-19-16(22-17(14)25(13)10(2)3)11-6-21-23-15(11)12-8-27-9-20-12/h6-10,13-14,16H,5H2,1-4H3,(H,21,23)/t13?,14?,16-/m0/s1. The van der Waals surface area contributed by atoms with Gasteiger partial charge in [-0.3, -0.25) is 14.9 Å². The van der Waals surface area contributed by atoms with E-state index in [1.165, 1.54) is 11.3 Å². The molecule has 0 aromatic carbocycles. The molecule has 1 N–H and O–H groups in total. The molecule has 1 saturated heterocycles. The number of aliphatic imine (C=N–C) groups is 2. The number of carbonyl (C=O) groups is 1. The van der Waals surface area contributed by atoms with Gasteiger partial charge in [0.25, 0.3) is 0 Å². The third-order valence-electron chi connectivity index (χ3n) is 5.12. The Morgan fingerprint density at radius 1 is 1.37 bits per heavy atom. The summed E-state index contributed by atoms with van der Waals surface area (Å²) in [4.78, 5) is 30.7. The van der Waals surface area contributed by atoms with E-state index in [0.29, 0.717) is 0 Å². The van der Waals surface area contributed by atoms with Crippen LogP contribution >= 0.6 is 11.3 Å².